The standard InChI is InChI=1S/C27H41NO5S/c1-16-9-8-10-17(2)25(31)19(4)26(32)27(6,7)23(29)14-24(30)33-22(12-11-16)18(3)13-21-15-34-20(5)28-21/h11,13,15,17,19,22-23,25,29,31H,8-10,12,14H2,1-7H3/b16-11-,18-13+/t17-,19+,22?,23?,25-/m0/s1. The molecule has 0 spiro atoms. The molecule has 0 aromatic carbocycles. The molecule has 0 radical (unpaired) electrons. The molecule has 1 aliphatic rings. The van der Waals surface area contributed by atoms with Crippen molar-refractivity contribution in [1.29, 1.82) is 0 Å². The lowest BCUT2D eigenvalue weighted by Crippen LogP contribution is -2.45. The molecule has 34 heavy (non-hydrogen) atoms. The maximum Gasteiger partial charge on any atom is 0.309 e. The SMILES string of the molecule is C/C1=C/CC(/C(C)=C/c2csc(C)n2)OC(=O)CC(O)C(C)(C)C(=O)[C@H](C)[C@@H](O)[C@@H](C)CCC1. The van der Waals surface area contributed by atoms with Crippen LogP contribution in [0.2, 0.25) is 0 Å². The summed E-state index contributed by atoms with van der Waals surface area (Å²) in [4.78, 5) is 30.5. The molecule has 0 aliphatic carbocycles. The number of aliphatic hydroxyl groups is 2. The molecule has 0 amide bonds. The fourth-order valence-corrected chi connectivity index (χ4v) is 4.97. The number of aromatic nitrogens is 1. The third-order valence-electron chi connectivity index (χ3n) is 7.04. The summed E-state index contributed by atoms with van der Waals surface area (Å²) < 4.78 is 5.81. The van der Waals surface area contributed by atoms with E-state index in [0.29, 0.717) is 6.42 Å². The van der Waals surface area contributed by atoms with Gasteiger partial charge < -0.3 is 14.9 Å². The monoisotopic (exact) mass is 491 g/mol. The van der Waals surface area contributed by atoms with Gasteiger partial charge in [-0.1, -0.05) is 39.3 Å². The summed E-state index contributed by atoms with van der Waals surface area (Å²) in [5.74, 6) is -1.49. The van der Waals surface area contributed by atoms with E-state index in [1.165, 1.54) is 5.57 Å². The quantitative estimate of drug-likeness (QED) is 0.432. The van der Waals surface area contributed by atoms with E-state index in [0.717, 1.165) is 35.5 Å². The molecule has 0 fully saturated rings. The van der Waals surface area contributed by atoms with Crippen LogP contribution in [0.3, 0.4) is 0 Å². The molecular weight excluding hydrogens is 450 g/mol. The molecule has 2 rings (SSSR count). The Labute approximate surface area is 208 Å². The average molecular weight is 492 g/mol. The molecule has 6 nitrogen and oxygen atoms in total. The zero-order valence-corrected chi connectivity index (χ0v) is 22.4. The van der Waals surface area contributed by atoms with Crippen molar-refractivity contribution in [3.63, 3.8) is 0 Å². The van der Waals surface area contributed by atoms with Crippen LogP contribution in [0.5, 0.6) is 0 Å². The van der Waals surface area contributed by atoms with Gasteiger partial charge in [-0.05, 0) is 57.6 Å². The molecule has 7 heteroatoms. The third-order valence-corrected chi connectivity index (χ3v) is 7.83. The van der Waals surface area contributed by atoms with Crippen molar-refractivity contribution in [2.75, 3.05) is 0 Å². The van der Waals surface area contributed by atoms with Gasteiger partial charge in [-0.25, -0.2) is 4.98 Å². The summed E-state index contributed by atoms with van der Waals surface area (Å²) in [6.45, 7) is 12.8. The minimum atomic E-state index is -1.21. The Balaban J connectivity index is 2.33. The number of rotatable bonds is 2. The minimum Gasteiger partial charge on any atom is -0.457 e. The molecule has 2 unspecified atom stereocenters. The molecule has 2 heterocycles. The van der Waals surface area contributed by atoms with Crippen LogP contribution in [0, 0.1) is 24.2 Å². The minimum absolute atomic E-state index is 0.0444. The molecule has 0 bridgehead atoms. The highest BCUT2D eigenvalue weighted by molar-refractivity contribution is 7.09. The van der Waals surface area contributed by atoms with Gasteiger partial charge >= 0.3 is 5.97 Å². The smallest absolute Gasteiger partial charge is 0.309 e. The number of hydrogen-bond donors (Lipinski definition) is 2. The van der Waals surface area contributed by atoms with Crippen molar-refractivity contribution >= 4 is 29.2 Å². The first kappa shape index (κ1) is 28.4. The highest BCUT2D eigenvalue weighted by Gasteiger charge is 2.42. The Bertz CT molecular complexity index is 916. The number of hydrogen-bond acceptors (Lipinski definition) is 7. The molecule has 1 aromatic rings. The molecule has 0 saturated heterocycles. The summed E-state index contributed by atoms with van der Waals surface area (Å²) in [5.41, 5.74) is 1.71. The highest BCUT2D eigenvalue weighted by Crippen LogP contribution is 2.32. The van der Waals surface area contributed by atoms with Gasteiger partial charge in [-0.2, -0.15) is 0 Å². The number of esters is 1. The summed E-state index contributed by atoms with van der Waals surface area (Å²) in [5, 5.41) is 24.5. The number of carbonyl (C=O) groups is 2. The number of nitrogens with zero attached hydrogens (tertiary/aromatic N) is 1. The van der Waals surface area contributed by atoms with Crippen molar-refractivity contribution in [2.45, 2.75) is 98.9 Å². The van der Waals surface area contributed by atoms with Gasteiger partial charge in [0.25, 0.3) is 0 Å². The summed E-state index contributed by atoms with van der Waals surface area (Å²) in [7, 11) is 0. The molecule has 2 N–H and O–H groups in total. The van der Waals surface area contributed by atoms with Crippen LogP contribution < -0.4 is 0 Å². The fraction of sp³-hybridized carbons (Fsp3) is 0.667. The van der Waals surface area contributed by atoms with Gasteiger partial charge in [0.15, 0.2) is 0 Å². The number of aliphatic hydroxyl groups excluding tert-OH is 2. The van der Waals surface area contributed by atoms with E-state index < -0.39 is 35.6 Å². The van der Waals surface area contributed by atoms with Crippen LogP contribution in [0.1, 0.15) is 84.3 Å². The second-order valence-corrected chi connectivity index (χ2v) is 11.5. The number of ether oxygens (including phenoxy) is 1. The lowest BCUT2D eigenvalue weighted by molar-refractivity contribution is -0.154. The molecule has 1 aliphatic heterocycles. The van der Waals surface area contributed by atoms with Crippen molar-refractivity contribution in [3.05, 3.63) is 33.3 Å². The molecule has 190 valence electrons. The van der Waals surface area contributed by atoms with Crippen molar-refractivity contribution in [2.24, 2.45) is 17.3 Å². The number of Topliss-reactive ketones (excluding diaryl/α,β-unsaturated/α-hetero) is 1. The Kier molecular flexibility index (Phi) is 10.2. The number of aryl methyl sites for hydroxylation is 1. The Morgan fingerprint density at radius 1 is 1.24 bits per heavy atom. The first-order valence-electron chi connectivity index (χ1n) is 12.2. The van der Waals surface area contributed by atoms with Gasteiger partial charge in [0, 0.05) is 17.7 Å². The van der Waals surface area contributed by atoms with Crippen LogP contribution in [0.25, 0.3) is 6.08 Å². The highest BCUT2D eigenvalue weighted by atomic mass is 32.1. The maximum absolute atomic E-state index is 13.2. The first-order chi connectivity index (χ1) is 15.8. The lowest BCUT2D eigenvalue weighted by Gasteiger charge is -2.34. The van der Waals surface area contributed by atoms with Gasteiger partial charge in [0.05, 0.1) is 34.7 Å². The summed E-state index contributed by atoms with van der Waals surface area (Å²) in [6.07, 6.45) is 4.33. The van der Waals surface area contributed by atoms with E-state index in [1.807, 2.05) is 32.2 Å². The van der Waals surface area contributed by atoms with Crippen LogP contribution in [-0.4, -0.2) is 45.3 Å². The normalized spacial score (nSPS) is 32.1. The van der Waals surface area contributed by atoms with E-state index >= 15 is 0 Å². The summed E-state index contributed by atoms with van der Waals surface area (Å²) in [6, 6.07) is 0. The molecule has 5 atom stereocenters. The Morgan fingerprint density at radius 3 is 2.53 bits per heavy atom. The predicted octanol–water partition coefficient (Wildman–Crippen LogP) is 5.27. The van der Waals surface area contributed by atoms with Crippen molar-refractivity contribution in [1.82, 2.24) is 4.98 Å². The third kappa shape index (κ3) is 7.59. The zero-order chi connectivity index (χ0) is 25.6. The lowest BCUT2D eigenvalue weighted by atomic mass is 9.73. The largest absolute Gasteiger partial charge is 0.457 e. The van der Waals surface area contributed by atoms with E-state index in [-0.39, 0.29) is 18.1 Å². The summed E-state index contributed by atoms with van der Waals surface area (Å²) >= 11 is 1.56. The number of carbonyl (C=O) groups excluding carboxylic acids is 2. The van der Waals surface area contributed by atoms with Gasteiger partial charge in [0.2, 0.25) is 0 Å². The maximum atomic E-state index is 13.2. The first-order valence-corrected chi connectivity index (χ1v) is 13.1. The van der Waals surface area contributed by atoms with E-state index in [2.05, 4.69) is 18.0 Å². The van der Waals surface area contributed by atoms with Gasteiger partial charge in [-0.3, -0.25) is 9.59 Å². The Morgan fingerprint density at radius 2 is 1.91 bits per heavy atom. The average Bonchev–Trinajstić information content (AvgIpc) is 3.18. The number of ketones is 1. The van der Waals surface area contributed by atoms with E-state index in [4.69, 9.17) is 4.74 Å². The molecule has 0 saturated carbocycles. The van der Waals surface area contributed by atoms with Crippen LogP contribution in [-0.2, 0) is 14.3 Å². The Hall–Kier alpha value is -1.83. The second-order valence-electron chi connectivity index (χ2n) is 10.4. The molecular formula is C27H41NO5S. The van der Waals surface area contributed by atoms with Gasteiger partial charge in [-0.15, -0.1) is 11.3 Å². The van der Waals surface area contributed by atoms with Gasteiger partial charge in [0.1, 0.15) is 11.9 Å². The topological polar surface area (TPSA) is 96.7 Å². The van der Waals surface area contributed by atoms with Crippen molar-refractivity contribution < 1.29 is 24.5 Å². The van der Waals surface area contributed by atoms with Crippen LogP contribution in [0.4, 0.5) is 0 Å². The molecule has 1 aromatic heterocycles. The fourth-order valence-electron chi connectivity index (χ4n) is 4.40. The van der Waals surface area contributed by atoms with Crippen LogP contribution in [0.15, 0.2) is 22.6 Å². The zero-order valence-electron chi connectivity index (χ0n) is 21.6. The van der Waals surface area contributed by atoms with E-state index in [1.54, 1.807) is 32.1 Å². The van der Waals surface area contributed by atoms with Crippen molar-refractivity contribution in [3.8, 4) is 0 Å². The number of thiazole rings is 1. The second kappa shape index (κ2) is 12.2. The number of allylic oxidation sites excluding steroid dienone is 1. The predicted molar refractivity (Wildman–Crippen MR) is 136 cm³/mol. The van der Waals surface area contributed by atoms with Crippen LogP contribution >= 0.6 is 11.3 Å². The number of cyclic esters (lactones) is 1. The van der Waals surface area contributed by atoms with E-state index in [9.17, 15) is 19.8 Å².